The van der Waals surface area contributed by atoms with Crippen molar-refractivity contribution in [1.29, 1.82) is 5.41 Å². The zero-order valence-electron chi connectivity index (χ0n) is 18.4. The molecule has 0 spiro atoms. The van der Waals surface area contributed by atoms with Crippen LogP contribution in [0.5, 0.6) is 0 Å². The van der Waals surface area contributed by atoms with Gasteiger partial charge in [0.25, 0.3) is 0 Å². The van der Waals surface area contributed by atoms with Crippen LogP contribution in [0.3, 0.4) is 0 Å². The third kappa shape index (κ3) is 4.24. The molecular weight excluding hydrogens is 338 g/mol. The molecule has 1 heteroatoms. The summed E-state index contributed by atoms with van der Waals surface area (Å²) in [5, 5.41) is 8.56. The van der Waals surface area contributed by atoms with Crippen LogP contribution >= 0.6 is 0 Å². The van der Waals surface area contributed by atoms with Gasteiger partial charge in [-0.3, -0.25) is 5.41 Å². The van der Waals surface area contributed by atoms with Crippen LogP contribution in [0.15, 0.2) is 48.5 Å². The van der Waals surface area contributed by atoms with Gasteiger partial charge in [0.1, 0.15) is 0 Å². The van der Waals surface area contributed by atoms with E-state index < -0.39 is 0 Å². The molecular formula is C27H37N. The molecule has 2 atom stereocenters. The van der Waals surface area contributed by atoms with Gasteiger partial charge in [-0.1, -0.05) is 81.8 Å². The molecule has 4 rings (SSSR count). The molecule has 0 saturated heterocycles. The zero-order chi connectivity index (χ0) is 20.3. The van der Waals surface area contributed by atoms with Crippen molar-refractivity contribution in [2.45, 2.75) is 72.1 Å². The Morgan fingerprint density at radius 2 is 1.25 bits per heavy atom. The molecule has 2 bridgehead atoms. The Morgan fingerprint density at radius 3 is 1.75 bits per heavy atom. The molecule has 0 aromatic heterocycles. The number of aryl methyl sites for hydroxylation is 1. The fourth-order valence-electron chi connectivity index (χ4n) is 5.94. The first-order valence-corrected chi connectivity index (χ1v) is 11.2. The Hall–Kier alpha value is -1.89. The number of fused-ring (bicyclic) bond motifs is 2. The summed E-state index contributed by atoms with van der Waals surface area (Å²) >= 11 is 0. The highest BCUT2D eigenvalue weighted by molar-refractivity contribution is 6.10. The first-order chi connectivity index (χ1) is 13.4. The van der Waals surface area contributed by atoms with Crippen molar-refractivity contribution >= 4 is 5.71 Å². The molecule has 1 N–H and O–H groups in total. The third-order valence-corrected chi connectivity index (χ3v) is 6.76. The first-order valence-electron chi connectivity index (χ1n) is 11.2. The highest BCUT2D eigenvalue weighted by Crippen LogP contribution is 2.53. The highest BCUT2D eigenvalue weighted by Gasteiger charge is 2.45. The molecule has 0 aliphatic heterocycles. The maximum atomic E-state index is 8.56. The van der Waals surface area contributed by atoms with Gasteiger partial charge in [0.2, 0.25) is 0 Å². The lowest BCUT2D eigenvalue weighted by molar-refractivity contribution is 0.0780. The summed E-state index contributed by atoms with van der Waals surface area (Å²) in [5.74, 6) is 2.59. The molecule has 2 saturated carbocycles. The molecule has 0 radical (unpaired) electrons. The van der Waals surface area contributed by atoms with Crippen molar-refractivity contribution in [1.82, 2.24) is 0 Å². The predicted molar refractivity (Wildman–Crippen MR) is 121 cm³/mol. The van der Waals surface area contributed by atoms with Gasteiger partial charge in [-0.25, -0.2) is 0 Å². The van der Waals surface area contributed by atoms with Crippen LogP contribution in [0.4, 0.5) is 0 Å². The molecule has 2 aliphatic carbocycles. The predicted octanol–water partition coefficient (Wildman–Crippen LogP) is 7.54. The number of benzene rings is 2. The number of rotatable bonds is 3. The SMILES string of the molecule is CC.Cc1ccc(C(=N)c2ccc(C34CC(C)CC(CC(C)C3)C4)cc2)cc1. The van der Waals surface area contributed by atoms with E-state index in [1.54, 1.807) is 0 Å². The molecule has 0 heterocycles. The highest BCUT2D eigenvalue weighted by atomic mass is 14.5. The van der Waals surface area contributed by atoms with Gasteiger partial charge >= 0.3 is 0 Å². The Kier molecular flexibility index (Phi) is 6.43. The average molecular weight is 376 g/mol. The second kappa shape index (κ2) is 8.64. The van der Waals surface area contributed by atoms with Crippen LogP contribution in [0.25, 0.3) is 0 Å². The van der Waals surface area contributed by atoms with Crippen LogP contribution in [-0.4, -0.2) is 5.71 Å². The van der Waals surface area contributed by atoms with E-state index in [4.69, 9.17) is 5.41 Å². The van der Waals surface area contributed by atoms with E-state index in [-0.39, 0.29) is 0 Å². The van der Waals surface area contributed by atoms with Gasteiger partial charge in [0.05, 0.1) is 5.71 Å². The van der Waals surface area contributed by atoms with E-state index in [1.807, 2.05) is 13.8 Å². The van der Waals surface area contributed by atoms with Crippen LogP contribution in [0, 0.1) is 30.1 Å². The topological polar surface area (TPSA) is 23.9 Å². The summed E-state index contributed by atoms with van der Waals surface area (Å²) in [6.45, 7) is 11.0. The summed E-state index contributed by atoms with van der Waals surface area (Å²) in [6.07, 6.45) is 6.88. The molecule has 1 nitrogen and oxygen atoms in total. The van der Waals surface area contributed by atoms with Crippen LogP contribution in [0.2, 0.25) is 0 Å². The second-order valence-electron chi connectivity index (χ2n) is 9.26. The summed E-state index contributed by atoms with van der Waals surface area (Å²) in [5.41, 5.74) is 5.78. The molecule has 0 amide bonds. The second-order valence-corrected chi connectivity index (χ2v) is 9.26. The fourth-order valence-corrected chi connectivity index (χ4v) is 5.94. The Bertz CT molecular complexity index is 765. The summed E-state index contributed by atoms with van der Waals surface area (Å²) in [6, 6.07) is 17.3. The van der Waals surface area contributed by atoms with E-state index in [0.29, 0.717) is 11.1 Å². The minimum absolute atomic E-state index is 0.380. The zero-order valence-corrected chi connectivity index (χ0v) is 18.4. The Morgan fingerprint density at radius 1 is 0.786 bits per heavy atom. The summed E-state index contributed by atoms with van der Waals surface area (Å²) in [4.78, 5) is 0. The van der Waals surface area contributed by atoms with E-state index in [2.05, 4.69) is 69.3 Å². The van der Waals surface area contributed by atoms with Crippen molar-refractivity contribution in [3.05, 3.63) is 70.8 Å². The van der Waals surface area contributed by atoms with Gasteiger partial charge in [-0.2, -0.15) is 0 Å². The maximum Gasteiger partial charge on any atom is 0.0684 e. The minimum Gasteiger partial charge on any atom is -0.300 e. The molecule has 2 unspecified atom stereocenters. The Labute approximate surface area is 172 Å². The van der Waals surface area contributed by atoms with Gasteiger partial charge in [-0.15, -0.1) is 0 Å². The lowest BCUT2D eigenvalue weighted by atomic mass is 9.54. The largest absolute Gasteiger partial charge is 0.300 e. The molecule has 2 fully saturated rings. The maximum absolute atomic E-state index is 8.56. The van der Waals surface area contributed by atoms with E-state index >= 15 is 0 Å². The monoisotopic (exact) mass is 375 g/mol. The number of nitrogens with one attached hydrogen (secondary N) is 1. The van der Waals surface area contributed by atoms with E-state index in [1.165, 1.54) is 43.2 Å². The van der Waals surface area contributed by atoms with E-state index in [0.717, 1.165) is 28.9 Å². The lowest BCUT2D eigenvalue weighted by Gasteiger charge is -2.50. The van der Waals surface area contributed by atoms with Gasteiger partial charge in [-0.05, 0) is 67.8 Å². The summed E-state index contributed by atoms with van der Waals surface area (Å²) in [7, 11) is 0. The molecule has 2 aromatic rings. The number of hydrogen-bond acceptors (Lipinski definition) is 1. The van der Waals surface area contributed by atoms with Crippen molar-refractivity contribution in [2.24, 2.45) is 17.8 Å². The van der Waals surface area contributed by atoms with Crippen molar-refractivity contribution in [2.75, 3.05) is 0 Å². The average Bonchev–Trinajstić information content (AvgIpc) is 2.68. The van der Waals surface area contributed by atoms with Crippen molar-refractivity contribution in [3.8, 4) is 0 Å². The first kappa shape index (κ1) is 20.8. The number of hydrogen-bond donors (Lipinski definition) is 1. The lowest BCUT2D eigenvalue weighted by Crippen LogP contribution is -2.42. The molecule has 2 aliphatic rings. The fraction of sp³-hybridized carbons (Fsp3) is 0.519. The quantitative estimate of drug-likeness (QED) is 0.536. The molecule has 150 valence electrons. The minimum atomic E-state index is 0.380. The van der Waals surface area contributed by atoms with Crippen LogP contribution in [-0.2, 0) is 5.41 Å². The van der Waals surface area contributed by atoms with Crippen molar-refractivity contribution in [3.63, 3.8) is 0 Å². The standard InChI is InChI=1S/C25H31N.C2H6/c1-17-4-6-21(7-5-17)24(26)22-8-10-23(11-9-22)25-14-18(2)12-20(16-25)13-19(3)15-25;1-2/h4-11,18-20,26H,12-16H2,1-3H3;1-2H3. The van der Waals surface area contributed by atoms with E-state index in [9.17, 15) is 0 Å². The Balaban J connectivity index is 0.00000109. The van der Waals surface area contributed by atoms with Gasteiger partial charge < -0.3 is 0 Å². The molecule has 28 heavy (non-hydrogen) atoms. The van der Waals surface area contributed by atoms with Gasteiger partial charge in [0.15, 0.2) is 0 Å². The van der Waals surface area contributed by atoms with Gasteiger partial charge in [0, 0.05) is 11.1 Å². The smallest absolute Gasteiger partial charge is 0.0684 e. The van der Waals surface area contributed by atoms with Crippen molar-refractivity contribution < 1.29 is 0 Å². The summed E-state index contributed by atoms with van der Waals surface area (Å²) < 4.78 is 0. The molecule has 2 aromatic carbocycles. The van der Waals surface area contributed by atoms with Crippen LogP contribution in [0.1, 0.15) is 82.1 Å². The third-order valence-electron chi connectivity index (χ3n) is 6.76. The normalized spacial score (nSPS) is 28.8. The van der Waals surface area contributed by atoms with Crippen LogP contribution < -0.4 is 0 Å².